The molecule has 2 aromatic carbocycles. The van der Waals surface area contributed by atoms with Crippen molar-refractivity contribution in [1.82, 2.24) is 10.2 Å². The number of nitrogens with one attached hydrogen (secondary N) is 1. The second-order valence-corrected chi connectivity index (χ2v) is 11.9. The maximum absolute atomic E-state index is 13.7. The maximum atomic E-state index is 13.7. The van der Waals surface area contributed by atoms with Crippen LogP contribution in [0.1, 0.15) is 55.7 Å². The van der Waals surface area contributed by atoms with Crippen molar-refractivity contribution in [3.8, 4) is 0 Å². The molecule has 0 saturated heterocycles. The molecule has 196 valence electrons. The molecule has 1 N–H and O–H groups in total. The van der Waals surface area contributed by atoms with Crippen LogP contribution >= 0.6 is 11.6 Å². The minimum absolute atomic E-state index is 0.103. The molecule has 1 aliphatic rings. The van der Waals surface area contributed by atoms with Gasteiger partial charge in [-0.15, -0.1) is 0 Å². The van der Waals surface area contributed by atoms with Crippen molar-refractivity contribution >= 4 is 39.1 Å². The van der Waals surface area contributed by atoms with Gasteiger partial charge in [0.15, 0.2) is 0 Å². The van der Waals surface area contributed by atoms with Gasteiger partial charge in [0.05, 0.1) is 11.9 Å². The van der Waals surface area contributed by atoms with Crippen LogP contribution in [-0.2, 0) is 26.2 Å². The van der Waals surface area contributed by atoms with E-state index < -0.39 is 28.5 Å². The Hall–Kier alpha value is -2.58. The minimum Gasteiger partial charge on any atom is -0.352 e. The summed E-state index contributed by atoms with van der Waals surface area (Å²) >= 11 is 6.25. The highest BCUT2D eigenvalue weighted by atomic mass is 35.5. The zero-order valence-corrected chi connectivity index (χ0v) is 23.0. The van der Waals surface area contributed by atoms with E-state index in [-0.39, 0.29) is 18.5 Å². The molecule has 0 aliphatic heterocycles. The summed E-state index contributed by atoms with van der Waals surface area (Å²) < 4.78 is 26.6. The molecule has 0 bridgehead atoms. The third-order valence-corrected chi connectivity index (χ3v) is 8.44. The molecule has 0 aromatic heterocycles. The lowest BCUT2D eigenvalue weighted by Crippen LogP contribution is -2.53. The van der Waals surface area contributed by atoms with E-state index >= 15 is 0 Å². The Kier molecular flexibility index (Phi) is 9.41. The average molecular weight is 534 g/mol. The molecule has 1 unspecified atom stereocenters. The van der Waals surface area contributed by atoms with Crippen LogP contribution in [-0.4, -0.2) is 50.0 Å². The number of benzene rings is 2. The summed E-state index contributed by atoms with van der Waals surface area (Å²) in [5.41, 5.74) is 2.79. The molecule has 1 aliphatic carbocycles. The number of hydrogen-bond donors (Lipinski definition) is 1. The fraction of sp³-hybridized carbons (Fsp3) is 0.481. The van der Waals surface area contributed by atoms with Gasteiger partial charge in [-0.25, -0.2) is 8.42 Å². The van der Waals surface area contributed by atoms with Crippen LogP contribution in [0.3, 0.4) is 0 Å². The van der Waals surface area contributed by atoms with E-state index in [1.54, 1.807) is 32.0 Å². The number of halogens is 1. The van der Waals surface area contributed by atoms with Crippen LogP contribution in [0.25, 0.3) is 0 Å². The quantitative estimate of drug-likeness (QED) is 0.511. The fourth-order valence-corrected chi connectivity index (χ4v) is 5.65. The van der Waals surface area contributed by atoms with Crippen LogP contribution in [0.2, 0.25) is 5.02 Å². The van der Waals surface area contributed by atoms with Crippen molar-refractivity contribution in [2.75, 3.05) is 17.1 Å². The standard InChI is InChI=1S/C27H36ClN3O4S/c1-19-11-8-9-12-22(19)17-30(21(3)27(33)29-23-13-6-5-7-14-23)26(32)18-31(36(4,34)35)25-16-10-15-24(28)20(25)2/h8-12,15-16,21,23H,5-7,13-14,17-18H2,1-4H3,(H,29,33). The Morgan fingerprint density at radius 1 is 1.06 bits per heavy atom. The Labute approximate surface area is 219 Å². The van der Waals surface area contributed by atoms with Crippen molar-refractivity contribution in [3.63, 3.8) is 0 Å². The van der Waals surface area contributed by atoms with Gasteiger partial charge in [0.2, 0.25) is 21.8 Å². The van der Waals surface area contributed by atoms with Crippen LogP contribution in [0.5, 0.6) is 0 Å². The van der Waals surface area contributed by atoms with E-state index in [1.165, 1.54) is 11.3 Å². The third-order valence-electron chi connectivity index (χ3n) is 6.91. The van der Waals surface area contributed by atoms with Crippen molar-refractivity contribution < 1.29 is 18.0 Å². The molecule has 0 heterocycles. The number of rotatable bonds is 9. The molecular weight excluding hydrogens is 498 g/mol. The molecule has 3 rings (SSSR count). The average Bonchev–Trinajstić information content (AvgIpc) is 2.83. The van der Waals surface area contributed by atoms with Crippen LogP contribution in [0, 0.1) is 13.8 Å². The minimum atomic E-state index is -3.81. The lowest BCUT2D eigenvalue weighted by molar-refractivity contribution is -0.139. The summed E-state index contributed by atoms with van der Waals surface area (Å²) in [6, 6.07) is 11.9. The maximum Gasteiger partial charge on any atom is 0.244 e. The van der Waals surface area contributed by atoms with E-state index in [1.807, 2.05) is 31.2 Å². The van der Waals surface area contributed by atoms with Crippen LogP contribution in [0.4, 0.5) is 5.69 Å². The first-order valence-corrected chi connectivity index (χ1v) is 14.6. The van der Waals surface area contributed by atoms with Gasteiger partial charge in [0.25, 0.3) is 0 Å². The molecular formula is C27H36ClN3O4S. The monoisotopic (exact) mass is 533 g/mol. The first-order chi connectivity index (χ1) is 17.0. The number of nitrogens with zero attached hydrogens (tertiary/aromatic N) is 2. The third kappa shape index (κ3) is 7.01. The van der Waals surface area contributed by atoms with Crippen molar-refractivity contribution in [2.24, 2.45) is 0 Å². The highest BCUT2D eigenvalue weighted by molar-refractivity contribution is 7.92. The summed E-state index contributed by atoms with van der Waals surface area (Å²) in [6.45, 7) is 5.11. The van der Waals surface area contributed by atoms with E-state index in [4.69, 9.17) is 11.6 Å². The summed E-state index contributed by atoms with van der Waals surface area (Å²) in [6.07, 6.45) is 6.25. The molecule has 0 spiro atoms. The normalized spacial score (nSPS) is 15.2. The number of amides is 2. The molecule has 9 heteroatoms. The Morgan fingerprint density at radius 2 is 1.72 bits per heavy atom. The van der Waals surface area contributed by atoms with Gasteiger partial charge in [-0.05, 0) is 62.4 Å². The predicted molar refractivity (Wildman–Crippen MR) is 145 cm³/mol. The second kappa shape index (κ2) is 12.1. The van der Waals surface area contributed by atoms with Gasteiger partial charge in [0, 0.05) is 17.6 Å². The van der Waals surface area contributed by atoms with Crippen LogP contribution in [0.15, 0.2) is 42.5 Å². The summed E-state index contributed by atoms with van der Waals surface area (Å²) in [5.74, 6) is -0.692. The topological polar surface area (TPSA) is 86.8 Å². The molecule has 2 aromatic rings. The summed E-state index contributed by atoms with van der Waals surface area (Å²) in [5, 5.41) is 3.51. The predicted octanol–water partition coefficient (Wildman–Crippen LogP) is 4.59. The molecule has 2 amide bonds. The molecule has 0 radical (unpaired) electrons. The number of carbonyl (C=O) groups excluding carboxylic acids is 2. The Morgan fingerprint density at radius 3 is 2.36 bits per heavy atom. The van der Waals surface area contributed by atoms with Crippen molar-refractivity contribution in [2.45, 2.75) is 71.5 Å². The molecule has 1 fully saturated rings. The highest BCUT2D eigenvalue weighted by Gasteiger charge is 2.32. The Bertz CT molecular complexity index is 1200. The van der Waals surface area contributed by atoms with Gasteiger partial charge in [-0.1, -0.05) is 61.2 Å². The smallest absolute Gasteiger partial charge is 0.244 e. The summed E-state index contributed by atoms with van der Waals surface area (Å²) in [4.78, 5) is 28.4. The largest absolute Gasteiger partial charge is 0.352 e. The number of carbonyl (C=O) groups is 2. The zero-order chi connectivity index (χ0) is 26.5. The van der Waals surface area contributed by atoms with E-state index in [0.29, 0.717) is 16.3 Å². The molecule has 1 saturated carbocycles. The van der Waals surface area contributed by atoms with Gasteiger partial charge >= 0.3 is 0 Å². The number of anilines is 1. The SMILES string of the molecule is Cc1ccccc1CN(C(=O)CN(c1cccc(Cl)c1C)S(C)(=O)=O)C(C)C(=O)NC1CCCCC1. The van der Waals surface area contributed by atoms with Crippen molar-refractivity contribution in [3.05, 3.63) is 64.2 Å². The number of hydrogen-bond acceptors (Lipinski definition) is 4. The molecule has 36 heavy (non-hydrogen) atoms. The van der Waals surface area contributed by atoms with Gasteiger partial charge in [-0.3, -0.25) is 13.9 Å². The van der Waals surface area contributed by atoms with Crippen LogP contribution < -0.4 is 9.62 Å². The number of sulfonamides is 1. The number of aryl methyl sites for hydroxylation is 1. The van der Waals surface area contributed by atoms with Crippen molar-refractivity contribution in [1.29, 1.82) is 0 Å². The van der Waals surface area contributed by atoms with E-state index in [9.17, 15) is 18.0 Å². The summed E-state index contributed by atoms with van der Waals surface area (Å²) in [7, 11) is -3.81. The fourth-order valence-electron chi connectivity index (χ4n) is 4.58. The van der Waals surface area contributed by atoms with Gasteiger partial charge < -0.3 is 10.2 Å². The molecule has 7 nitrogen and oxygen atoms in total. The van der Waals surface area contributed by atoms with Gasteiger partial charge in [0.1, 0.15) is 12.6 Å². The van der Waals surface area contributed by atoms with E-state index in [0.717, 1.165) is 47.4 Å². The highest BCUT2D eigenvalue weighted by Crippen LogP contribution is 2.28. The zero-order valence-electron chi connectivity index (χ0n) is 21.5. The first-order valence-electron chi connectivity index (χ1n) is 12.4. The molecule has 1 atom stereocenters. The Balaban J connectivity index is 1.91. The van der Waals surface area contributed by atoms with Gasteiger partial charge in [-0.2, -0.15) is 0 Å². The lowest BCUT2D eigenvalue weighted by atomic mass is 9.95. The second-order valence-electron chi connectivity index (χ2n) is 9.62. The van der Waals surface area contributed by atoms with E-state index in [2.05, 4.69) is 5.32 Å². The lowest BCUT2D eigenvalue weighted by Gasteiger charge is -2.33. The first kappa shape index (κ1) is 28.0.